The van der Waals surface area contributed by atoms with Crippen LogP contribution in [0.2, 0.25) is 5.02 Å². The topological polar surface area (TPSA) is 0 Å². The van der Waals surface area contributed by atoms with Crippen molar-refractivity contribution in [2.75, 3.05) is 0 Å². The Bertz CT molecular complexity index is 252. The van der Waals surface area contributed by atoms with Gasteiger partial charge in [0, 0.05) is 5.02 Å². The molecule has 0 aliphatic heterocycles. The molecule has 0 radical (unpaired) electrons. The van der Waals surface area contributed by atoms with Crippen LogP contribution in [0, 0.1) is 11.6 Å². The molecule has 58 valence electrons. The van der Waals surface area contributed by atoms with Gasteiger partial charge in [-0.25, -0.2) is 8.78 Å². The second-order valence-corrected chi connectivity index (χ2v) is 2.91. The quantitative estimate of drug-likeness (QED) is 0.378. The van der Waals surface area contributed by atoms with E-state index in [0.29, 0.717) is 0 Å². The van der Waals surface area contributed by atoms with Crippen molar-refractivity contribution in [1.29, 1.82) is 0 Å². The van der Waals surface area contributed by atoms with Gasteiger partial charge in [0.25, 0.3) is 0 Å². The minimum atomic E-state index is -0.690. The van der Waals surface area contributed by atoms with E-state index in [9.17, 15) is 8.78 Å². The van der Waals surface area contributed by atoms with Gasteiger partial charge in [-0.1, -0.05) is 11.6 Å². The van der Waals surface area contributed by atoms with Crippen LogP contribution in [0.25, 0.3) is 0 Å². The molecule has 1 rings (SSSR count). The second-order valence-electron chi connectivity index (χ2n) is 1.68. The molecule has 0 N–H and O–H groups in total. The number of hydrogen-bond donors (Lipinski definition) is 0. The SMILES string of the molecule is Fc1cc(Cl)cc(F)c1Br.[H-].[H-].[Mg+2]. The molecule has 0 aromatic heterocycles. The maximum Gasteiger partial charge on any atom is 2.00 e. The standard InChI is InChI=1S/C6H2BrClF2.Mg.2H/c7-6-4(9)1-3(8)2-5(6)10;;;/h1-2H;;;/q;+2;2*-1. The zero-order valence-corrected chi connectivity index (χ0v) is 9.13. The van der Waals surface area contributed by atoms with Crippen LogP contribution in [-0.2, 0) is 0 Å². The molecular weight excluding hydrogens is 250 g/mol. The number of benzene rings is 1. The van der Waals surface area contributed by atoms with E-state index < -0.39 is 11.6 Å². The van der Waals surface area contributed by atoms with Crippen molar-refractivity contribution in [3.05, 3.63) is 33.3 Å². The van der Waals surface area contributed by atoms with E-state index in [1.165, 1.54) is 0 Å². The van der Waals surface area contributed by atoms with Gasteiger partial charge >= 0.3 is 23.1 Å². The largest absolute Gasteiger partial charge is 2.00 e. The summed E-state index contributed by atoms with van der Waals surface area (Å²) in [4.78, 5) is 0. The first-order chi connectivity index (χ1) is 4.61. The van der Waals surface area contributed by atoms with Gasteiger partial charge in [0.2, 0.25) is 0 Å². The van der Waals surface area contributed by atoms with E-state index in [4.69, 9.17) is 11.6 Å². The predicted molar refractivity (Wildman–Crippen MR) is 47.0 cm³/mol. The Labute approximate surface area is 95.2 Å². The first-order valence-corrected chi connectivity index (χ1v) is 3.58. The average molecular weight is 254 g/mol. The van der Waals surface area contributed by atoms with E-state index in [2.05, 4.69) is 15.9 Å². The van der Waals surface area contributed by atoms with Gasteiger partial charge in [-0.2, -0.15) is 0 Å². The molecule has 0 nitrogen and oxygen atoms in total. The predicted octanol–water partition coefficient (Wildman–Crippen LogP) is 3.22. The molecule has 0 unspecified atom stereocenters. The van der Waals surface area contributed by atoms with Crippen LogP contribution in [0.5, 0.6) is 0 Å². The van der Waals surface area contributed by atoms with Crippen molar-refractivity contribution in [3.63, 3.8) is 0 Å². The van der Waals surface area contributed by atoms with Crippen molar-refractivity contribution >= 4 is 50.6 Å². The van der Waals surface area contributed by atoms with Gasteiger partial charge in [0.05, 0.1) is 4.47 Å². The van der Waals surface area contributed by atoms with Crippen LogP contribution < -0.4 is 0 Å². The molecule has 5 heteroatoms. The van der Waals surface area contributed by atoms with Crippen molar-refractivity contribution < 1.29 is 11.6 Å². The number of hydrogen-bond acceptors (Lipinski definition) is 0. The molecule has 1 aromatic carbocycles. The first-order valence-electron chi connectivity index (χ1n) is 2.41. The molecule has 0 saturated heterocycles. The van der Waals surface area contributed by atoms with Crippen LogP contribution in [0.15, 0.2) is 16.6 Å². The summed E-state index contributed by atoms with van der Waals surface area (Å²) < 4.78 is 24.8. The number of halogens is 4. The fraction of sp³-hybridized carbons (Fsp3) is 0. The minimum absolute atomic E-state index is 0. The molecule has 0 atom stereocenters. The fourth-order valence-corrected chi connectivity index (χ4v) is 0.945. The van der Waals surface area contributed by atoms with Gasteiger partial charge in [0.15, 0.2) is 0 Å². The molecule has 0 saturated carbocycles. The van der Waals surface area contributed by atoms with Gasteiger partial charge in [0.1, 0.15) is 11.6 Å². The maximum atomic E-state index is 12.5. The van der Waals surface area contributed by atoms with E-state index >= 15 is 0 Å². The molecule has 11 heavy (non-hydrogen) atoms. The van der Waals surface area contributed by atoms with E-state index in [1.807, 2.05) is 0 Å². The second kappa shape index (κ2) is 4.60. The molecule has 0 spiro atoms. The summed E-state index contributed by atoms with van der Waals surface area (Å²) in [5.74, 6) is -1.38. The molecule has 1 aromatic rings. The summed E-state index contributed by atoms with van der Waals surface area (Å²) in [6.45, 7) is 0. The summed E-state index contributed by atoms with van der Waals surface area (Å²) in [5.41, 5.74) is 0. The zero-order chi connectivity index (χ0) is 7.72. The molecule has 0 amide bonds. The van der Waals surface area contributed by atoms with Crippen LogP contribution >= 0.6 is 27.5 Å². The van der Waals surface area contributed by atoms with E-state index in [-0.39, 0.29) is 35.4 Å². The summed E-state index contributed by atoms with van der Waals surface area (Å²) >= 11 is 8.03. The Morgan fingerprint density at radius 3 is 2.00 bits per heavy atom. The summed E-state index contributed by atoms with van der Waals surface area (Å²) in [7, 11) is 0. The Hall–Kier alpha value is 0.616. The van der Waals surface area contributed by atoms with Crippen molar-refractivity contribution in [1.82, 2.24) is 0 Å². The molecule has 0 heterocycles. The van der Waals surface area contributed by atoms with E-state index in [1.54, 1.807) is 0 Å². The van der Waals surface area contributed by atoms with Gasteiger partial charge < -0.3 is 2.85 Å². The van der Waals surface area contributed by atoms with E-state index in [0.717, 1.165) is 12.1 Å². The Balaban J connectivity index is -0.000000333. The maximum absolute atomic E-state index is 12.5. The van der Waals surface area contributed by atoms with Crippen LogP contribution in [-0.4, -0.2) is 23.1 Å². The normalized spacial score (nSPS) is 9.09. The van der Waals surface area contributed by atoms with Crippen LogP contribution in [0.4, 0.5) is 8.78 Å². The monoisotopic (exact) mass is 252 g/mol. The third kappa shape index (κ3) is 2.85. The minimum Gasteiger partial charge on any atom is -1.00 e. The molecular formula is C6H4BrClF2Mg. The van der Waals surface area contributed by atoms with Crippen molar-refractivity contribution in [2.45, 2.75) is 0 Å². The first kappa shape index (κ1) is 11.6. The molecule has 0 aliphatic rings. The average Bonchev–Trinajstić information content (AvgIpc) is 1.82. The third-order valence-electron chi connectivity index (χ3n) is 0.949. The van der Waals surface area contributed by atoms with Crippen molar-refractivity contribution in [3.8, 4) is 0 Å². The Morgan fingerprint density at radius 2 is 1.64 bits per heavy atom. The van der Waals surface area contributed by atoms with Crippen LogP contribution in [0.3, 0.4) is 0 Å². The molecule has 0 aliphatic carbocycles. The van der Waals surface area contributed by atoms with Gasteiger partial charge in [-0.15, -0.1) is 0 Å². The zero-order valence-electron chi connectivity index (χ0n) is 7.37. The summed E-state index contributed by atoms with van der Waals surface area (Å²) in [6.07, 6.45) is 0. The van der Waals surface area contributed by atoms with Gasteiger partial charge in [-0.05, 0) is 28.1 Å². The fourth-order valence-electron chi connectivity index (χ4n) is 0.525. The smallest absolute Gasteiger partial charge is 1.00 e. The van der Waals surface area contributed by atoms with Crippen LogP contribution in [0.1, 0.15) is 2.85 Å². The summed E-state index contributed by atoms with van der Waals surface area (Å²) in [6, 6.07) is 2.07. The molecule has 0 bridgehead atoms. The molecule has 0 fully saturated rings. The van der Waals surface area contributed by atoms with Gasteiger partial charge in [-0.3, -0.25) is 0 Å². The Morgan fingerprint density at radius 1 is 1.27 bits per heavy atom. The summed E-state index contributed by atoms with van der Waals surface area (Å²) in [5, 5.41) is 0.0539. The Kier molecular flexibility index (Phi) is 4.85. The third-order valence-corrected chi connectivity index (χ3v) is 1.92. The van der Waals surface area contributed by atoms with Crippen molar-refractivity contribution in [2.24, 2.45) is 0 Å². The number of rotatable bonds is 0.